The van der Waals surface area contributed by atoms with Crippen LogP contribution in [0.3, 0.4) is 0 Å². The second-order valence-corrected chi connectivity index (χ2v) is 6.29. The summed E-state index contributed by atoms with van der Waals surface area (Å²) in [6.45, 7) is 12.1. The predicted molar refractivity (Wildman–Crippen MR) is 93.0 cm³/mol. The molecule has 0 unspecified atom stereocenters. The number of rotatable bonds is 13. The Kier molecular flexibility index (Phi) is 12.1. The van der Waals surface area contributed by atoms with Gasteiger partial charge in [0, 0.05) is 25.9 Å². The molecule has 0 saturated heterocycles. The number of nitrogens with zero attached hydrogens (tertiary/aromatic N) is 2. The standard InChI is InChI=1S/C18H36N2O2/c1-6-9-11-17(15-16(4)21)18(22)19(5)13-10-14-20(8-3)12-7-2/h17H,6-15H2,1-5H3/t17-/m0/s1. The van der Waals surface area contributed by atoms with Crippen LogP contribution in [0.15, 0.2) is 0 Å². The third kappa shape index (κ3) is 9.19. The third-order valence-electron chi connectivity index (χ3n) is 4.12. The van der Waals surface area contributed by atoms with Gasteiger partial charge in [0.15, 0.2) is 0 Å². The van der Waals surface area contributed by atoms with Crippen LogP contribution in [0.25, 0.3) is 0 Å². The van der Waals surface area contributed by atoms with Crippen LogP contribution in [0, 0.1) is 5.92 Å². The van der Waals surface area contributed by atoms with Gasteiger partial charge in [-0.05, 0) is 45.8 Å². The first-order chi connectivity index (χ1) is 10.5. The number of carbonyl (C=O) groups is 2. The second kappa shape index (κ2) is 12.6. The lowest BCUT2D eigenvalue weighted by molar-refractivity contribution is -0.137. The average molecular weight is 312 g/mol. The lowest BCUT2D eigenvalue weighted by atomic mass is 9.95. The Labute approximate surface area is 137 Å². The maximum atomic E-state index is 12.5. The zero-order valence-corrected chi connectivity index (χ0v) is 15.4. The first-order valence-electron chi connectivity index (χ1n) is 8.92. The zero-order chi connectivity index (χ0) is 17.0. The predicted octanol–water partition coefficient (Wildman–Crippen LogP) is 3.35. The summed E-state index contributed by atoms with van der Waals surface area (Å²) < 4.78 is 0. The fourth-order valence-electron chi connectivity index (χ4n) is 2.81. The van der Waals surface area contributed by atoms with E-state index in [1.807, 2.05) is 11.9 Å². The minimum atomic E-state index is -0.125. The van der Waals surface area contributed by atoms with Crippen molar-refractivity contribution in [2.75, 3.05) is 33.2 Å². The number of amides is 1. The van der Waals surface area contributed by atoms with Crippen LogP contribution in [-0.2, 0) is 9.59 Å². The maximum Gasteiger partial charge on any atom is 0.225 e. The summed E-state index contributed by atoms with van der Waals surface area (Å²) in [7, 11) is 1.87. The molecule has 0 aromatic rings. The Bertz CT molecular complexity index is 318. The summed E-state index contributed by atoms with van der Waals surface area (Å²) in [5.41, 5.74) is 0. The molecule has 0 N–H and O–H groups in total. The number of hydrogen-bond acceptors (Lipinski definition) is 3. The topological polar surface area (TPSA) is 40.6 Å². The van der Waals surface area contributed by atoms with Crippen molar-refractivity contribution >= 4 is 11.7 Å². The van der Waals surface area contributed by atoms with Crippen molar-refractivity contribution < 1.29 is 9.59 Å². The Morgan fingerprint density at radius 3 is 2.14 bits per heavy atom. The molecule has 0 aromatic carbocycles. The van der Waals surface area contributed by atoms with Gasteiger partial charge in [0.2, 0.25) is 5.91 Å². The highest BCUT2D eigenvalue weighted by Crippen LogP contribution is 2.16. The molecule has 0 fully saturated rings. The average Bonchev–Trinajstić information content (AvgIpc) is 2.49. The highest BCUT2D eigenvalue weighted by molar-refractivity contribution is 5.85. The van der Waals surface area contributed by atoms with Crippen LogP contribution in [0.5, 0.6) is 0 Å². The molecule has 0 aliphatic rings. The third-order valence-corrected chi connectivity index (χ3v) is 4.12. The van der Waals surface area contributed by atoms with Gasteiger partial charge < -0.3 is 14.6 Å². The van der Waals surface area contributed by atoms with Gasteiger partial charge in [-0.25, -0.2) is 0 Å². The van der Waals surface area contributed by atoms with Crippen molar-refractivity contribution in [1.82, 2.24) is 9.80 Å². The molecule has 0 aromatic heterocycles. The maximum absolute atomic E-state index is 12.5. The van der Waals surface area contributed by atoms with Gasteiger partial charge in [-0.15, -0.1) is 0 Å². The van der Waals surface area contributed by atoms with Gasteiger partial charge in [-0.3, -0.25) is 4.79 Å². The summed E-state index contributed by atoms with van der Waals surface area (Å²) >= 11 is 0. The molecule has 0 spiro atoms. The van der Waals surface area contributed by atoms with E-state index >= 15 is 0 Å². The van der Waals surface area contributed by atoms with Gasteiger partial charge in [-0.2, -0.15) is 0 Å². The Hall–Kier alpha value is -0.900. The normalized spacial score (nSPS) is 12.5. The number of carbonyl (C=O) groups excluding carboxylic acids is 2. The molecule has 0 radical (unpaired) electrons. The number of hydrogen-bond donors (Lipinski definition) is 0. The van der Waals surface area contributed by atoms with Crippen molar-refractivity contribution in [2.24, 2.45) is 5.92 Å². The molecule has 1 amide bonds. The number of unbranched alkanes of at least 4 members (excludes halogenated alkanes) is 1. The molecule has 22 heavy (non-hydrogen) atoms. The van der Waals surface area contributed by atoms with Gasteiger partial charge >= 0.3 is 0 Å². The number of ketones is 1. The van der Waals surface area contributed by atoms with E-state index in [-0.39, 0.29) is 17.6 Å². The van der Waals surface area contributed by atoms with E-state index in [9.17, 15) is 9.59 Å². The highest BCUT2D eigenvalue weighted by Gasteiger charge is 2.22. The molecule has 0 saturated carbocycles. The fraction of sp³-hybridized carbons (Fsp3) is 0.889. The summed E-state index contributed by atoms with van der Waals surface area (Å²) in [4.78, 5) is 28.1. The molecule has 0 aliphatic heterocycles. The SMILES string of the molecule is CCCC[C@@H](CC(C)=O)C(=O)N(C)CCCN(CC)CCC. The van der Waals surface area contributed by atoms with E-state index in [0.717, 1.165) is 51.9 Å². The number of Topliss-reactive ketones (excluding diaryl/α,β-unsaturated/α-hetero) is 1. The summed E-state index contributed by atoms with van der Waals surface area (Å²) in [5.74, 6) is 0.130. The van der Waals surface area contributed by atoms with E-state index in [2.05, 4.69) is 25.7 Å². The minimum absolute atomic E-state index is 0.114. The van der Waals surface area contributed by atoms with Crippen LogP contribution < -0.4 is 0 Å². The van der Waals surface area contributed by atoms with Crippen molar-refractivity contribution in [3.63, 3.8) is 0 Å². The molecule has 0 heterocycles. The first-order valence-corrected chi connectivity index (χ1v) is 8.92. The Balaban J connectivity index is 4.31. The molecular weight excluding hydrogens is 276 g/mol. The Morgan fingerprint density at radius 2 is 1.64 bits per heavy atom. The molecule has 4 heteroatoms. The van der Waals surface area contributed by atoms with Crippen LogP contribution in [-0.4, -0.2) is 54.7 Å². The van der Waals surface area contributed by atoms with Crippen LogP contribution in [0.1, 0.15) is 66.2 Å². The quantitative estimate of drug-likeness (QED) is 0.523. The Morgan fingerprint density at radius 1 is 0.955 bits per heavy atom. The van der Waals surface area contributed by atoms with Gasteiger partial charge in [0.1, 0.15) is 5.78 Å². The van der Waals surface area contributed by atoms with Crippen LogP contribution in [0.2, 0.25) is 0 Å². The van der Waals surface area contributed by atoms with Crippen LogP contribution >= 0.6 is 0 Å². The summed E-state index contributed by atoms with van der Waals surface area (Å²) in [5, 5.41) is 0. The molecule has 0 bridgehead atoms. The lowest BCUT2D eigenvalue weighted by Crippen LogP contribution is -2.36. The van der Waals surface area contributed by atoms with Gasteiger partial charge in [0.05, 0.1) is 0 Å². The lowest BCUT2D eigenvalue weighted by Gasteiger charge is -2.25. The first kappa shape index (κ1) is 21.1. The van der Waals surface area contributed by atoms with Gasteiger partial charge in [0.25, 0.3) is 0 Å². The second-order valence-electron chi connectivity index (χ2n) is 6.29. The largest absolute Gasteiger partial charge is 0.345 e. The fourth-order valence-corrected chi connectivity index (χ4v) is 2.81. The molecule has 0 rings (SSSR count). The molecule has 4 nitrogen and oxygen atoms in total. The van der Waals surface area contributed by atoms with E-state index in [0.29, 0.717) is 6.42 Å². The van der Waals surface area contributed by atoms with E-state index < -0.39 is 0 Å². The summed E-state index contributed by atoms with van der Waals surface area (Å²) in [6, 6.07) is 0. The minimum Gasteiger partial charge on any atom is -0.345 e. The smallest absolute Gasteiger partial charge is 0.225 e. The van der Waals surface area contributed by atoms with E-state index in [4.69, 9.17) is 0 Å². The van der Waals surface area contributed by atoms with Crippen molar-refractivity contribution in [3.05, 3.63) is 0 Å². The monoisotopic (exact) mass is 312 g/mol. The van der Waals surface area contributed by atoms with E-state index in [1.165, 1.54) is 6.42 Å². The molecule has 130 valence electrons. The van der Waals surface area contributed by atoms with Crippen molar-refractivity contribution in [1.29, 1.82) is 0 Å². The molecule has 1 atom stereocenters. The summed E-state index contributed by atoms with van der Waals surface area (Å²) in [6.07, 6.45) is 5.46. The molecule has 0 aliphatic carbocycles. The van der Waals surface area contributed by atoms with Gasteiger partial charge in [-0.1, -0.05) is 33.6 Å². The van der Waals surface area contributed by atoms with Crippen molar-refractivity contribution in [3.8, 4) is 0 Å². The van der Waals surface area contributed by atoms with Crippen molar-refractivity contribution in [2.45, 2.75) is 66.2 Å². The molecular formula is C18H36N2O2. The van der Waals surface area contributed by atoms with E-state index in [1.54, 1.807) is 6.92 Å². The highest BCUT2D eigenvalue weighted by atomic mass is 16.2. The zero-order valence-electron chi connectivity index (χ0n) is 15.4. The van der Waals surface area contributed by atoms with Crippen LogP contribution in [0.4, 0.5) is 0 Å².